The highest BCUT2D eigenvalue weighted by atomic mass is 32.1. The molecule has 0 radical (unpaired) electrons. The minimum Gasteiger partial charge on any atom is -0.494 e. The number of carbonyl (C=O) groups excluding carboxylic acids is 2. The Bertz CT molecular complexity index is 996. The van der Waals surface area contributed by atoms with Crippen molar-refractivity contribution in [3.63, 3.8) is 0 Å². The van der Waals surface area contributed by atoms with E-state index >= 15 is 0 Å². The fourth-order valence-electron chi connectivity index (χ4n) is 3.18. The van der Waals surface area contributed by atoms with Crippen molar-refractivity contribution in [1.82, 2.24) is 9.88 Å². The molecule has 0 fully saturated rings. The molecule has 2 aromatic heterocycles. The number of anilines is 1. The van der Waals surface area contributed by atoms with Gasteiger partial charge >= 0.3 is 0 Å². The number of amides is 2. The average molecular weight is 411 g/mol. The summed E-state index contributed by atoms with van der Waals surface area (Å²) in [4.78, 5) is 32.2. The summed E-state index contributed by atoms with van der Waals surface area (Å²) < 4.78 is 10.5. The highest BCUT2D eigenvalue weighted by Gasteiger charge is 2.25. The predicted molar refractivity (Wildman–Crippen MR) is 109 cm³/mol. The van der Waals surface area contributed by atoms with Gasteiger partial charge in [0.25, 0.3) is 5.91 Å². The number of benzene rings is 1. The van der Waals surface area contributed by atoms with Gasteiger partial charge in [-0.05, 0) is 36.8 Å². The predicted octanol–water partition coefficient (Wildman–Crippen LogP) is 3.51. The molecule has 29 heavy (non-hydrogen) atoms. The molecule has 1 N–H and O–H groups in total. The van der Waals surface area contributed by atoms with Crippen molar-refractivity contribution in [2.75, 3.05) is 18.5 Å². The molecule has 0 spiro atoms. The Balaban J connectivity index is 1.37. The Kier molecular flexibility index (Phi) is 5.62. The maximum absolute atomic E-state index is 12.7. The quantitative estimate of drug-likeness (QED) is 0.671. The summed E-state index contributed by atoms with van der Waals surface area (Å²) in [6.45, 7) is 3.69. The maximum atomic E-state index is 12.7. The first kappa shape index (κ1) is 19.2. The van der Waals surface area contributed by atoms with E-state index in [4.69, 9.17) is 9.15 Å². The molecule has 8 heteroatoms. The van der Waals surface area contributed by atoms with Gasteiger partial charge in [-0.2, -0.15) is 0 Å². The van der Waals surface area contributed by atoms with Gasteiger partial charge in [0, 0.05) is 17.8 Å². The van der Waals surface area contributed by atoms with Crippen molar-refractivity contribution in [1.29, 1.82) is 0 Å². The Hall–Kier alpha value is -3.13. The largest absolute Gasteiger partial charge is 0.494 e. The van der Waals surface area contributed by atoms with Crippen molar-refractivity contribution in [2.45, 2.75) is 26.3 Å². The molecule has 0 saturated carbocycles. The highest BCUT2D eigenvalue weighted by molar-refractivity contribution is 7.15. The summed E-state index contributed by atoms with van der Waals surface area (Å²) in [6, 6.07) is 10.9. The van der Waals surface area contributed by atoms with Gasteiger partial charge in [0.15, 0.2) is 10.9 Å². The van der Waals surface area contributed by atoms with E-state index in [1.165, 1.54) is 17.6 Å². The second-order valence-electron chi connectivity index (χ2n) is 6.64. The molecule has 0 atom stereocenters. The summed E-state index contributed by atoms with van der Waals surface area (Å²) in [5.41, 5.74) is 1.90. The number of fused-ring (bicyclic) bond motifs is 1. The van der Waals surface area contributed by atoms with Crippen LogP contribution in [-0.2, 0) is 24.2 Å². The lowest BCUT2D eigenvalue weighted by Gasteiger charge is -2.26. The monoisotopic (exact) mass is 411 g/mol. The molecule has 0 bridgehead atoms. The normalized spacial score (nSPS) is 13.1. The van der Waals surface area contributed by atoms with Crippen LogP contribution in [0, 0.1) is 0 Å². The first-order valence-electron chi connectivity index (χ1n) is 9.45. The average Bonchev–Trinajstić information content (AvgIpc) is 3.38. The standard InChI is InChI=1S/C21H21N3O4S/c1-2-27-15-7-5-14(6-8-15)12-19(25)24-10-9-16-18(13-24)29-21(22-16)23-20(26)17-4-3-11-28-17/h3-8,11H,2,9-10,12-13H2,1H3,(H,22,23,26). The third-order valence-electron chi connectivity index (χ3n) is 4.64. The van der Waals surface area contributed by atoms with Gasteiger partial charge in [-0.1, -0.05) is 23.5 Å². The lowest BCUT2D eigenvalue weighted by molar-refractivity contribution is -0.131. The first-order valence-corrected chi connectivity index (χ1v) is 10.3. The van der Waals surface area contributed by atoms with Crippen molar-refractivity contribution in [3.8, 4) is 5.75 Å². The molecule has 3 aromatic rings. The van der Waals surface area contributed by atoms with Gasteiger partial charge < -0.3 is 14.1 Å². The highest BCUT2D eigenvalue weighted by Crippen LogP contribution is 2.29. The SMILES string of the molecule is CCOc1ccc(CC(=O)N2CCc3nc(NC(=O)c4ccco4)sc3C2)cc1. The number of rotatable bonds is 6. The lowest BCUT2D eigenvalue weighted by Crippen LogP contribution is -2.36. The molecule has 1 aliphatic rings. The van der Waals surface area contributed by atoms with Crippen LogP contribution < -0.4 is 10.1 Å². The third kappa shape index (κ3) is 4.48. The van der Waals surface area contributed by atoms with Crippen LogP contribution in [-0.4, -0.2) is 34.8 Å². The van der Waals surface area contributed by atoms with Crippen molar-refractivity contribution >= 4 is 28.3 Å². The van der Waals surface area contributed by atoms with Crippen LogP contribution in [0.15, 0.2) is 47.1 Å². The van der Waals surface area contributed by atoms with E-state index in [2.05, 4.69) is 10.3 Å². The Morgan fingerprint density at radius 1 is 1.28 bits per heavy atom. The van der Waals surface area contributed by atoms with Crippen molar-refractivity contribution in [3.05, 3.63) is 64.6 Å². The van der Waals surface area contributed by atoms with Gasteiger partial charge in [0.2, 0.25) is 5.91 Å². The Labute approximate surface area is 172 Å². The molecule has 0 unspecified atom stereocenters. The van der Waals surface area contributed by atoms with Crippen LogP contribution in [0.5, 0.6) is 5.75 Å². The molecule has 1 aromatic carbocycles. The molecule has 0 saturated heterocycles. The van der Waals surface area contributed by atoms with Crippen LogP contribution in [0.1, 0.15) is 33.6 Å². The molecule has 7 nitrogen and oxygen atoms in total. The summed E-state index contributed by atoms with van der Waals surface area (Å²) in [6.07, 6.45) is 2.48. The number of nitrogens with zero attached hydrogens (tertiary/aromatic N) is 2. The molecule has 150 valence electrons. The molecular formula is C21H21N3O4S. The molecular weight excluding hydrogens is 390 g/mol. The van der Waals surface area contributed by atoms with E-state index in [0.29, 0.717) is 37.7 Å². The lowest BCUT2D eigenvalue weighted by atomic mass is 10.1. The molecule has 3 heterocycles. The van der Waals surface area contributed by atoms with Gasteiger partial charge in [-0.15, -0.1) is 0 Å². The zero-order valence-corrected chi connectivity index (χ0v) is 16.8. The maximum Gasteiger partial charge on any atom is 0.293 e. The molecule has 1 aliphatic heterocycles. The number of ether oxygens (including phenoxy) is 1. The first-order chi connectivity index (χ1) is 14.1. The minimum absolute atomic E-state index is 0.0781. The topological polar surface area (TPSA) is 84.7 Å². The number of aromatic nitrogens is 1. The molecule has 2 amide bonds. The second-order valence-corrected chi connectivity index (χ2v) is 7.72. The van der Waals surface area contributed by atoms with Crippen LogP contribution in [0.25, 0.3) is 0 Å². The van der Waals surface area contributed by atoms with Gasteiger partial charge in [-0.3, -0.25) is 14.9 Å². The van der Waals surface area contributed by atoms with Gasteiger partial charge in [-0.25, -0.2) is 4.98 Å². The number of thiazole rings is 1. The number of carbonyl (C=O) groups is 2. The smallest absolute Gasteiger partial charge is 0.293 e. The second kappa shape index (κ2) is 8.48. The van der Waals surface area contributed by atoms with Gasteiger partial charge in [0.1, 0.15) is 5.75 Å². The Morgan fingerprint density at radius 2 is 2.10 bits per heavy atom. The van der Waals surface area contributed by atoms with Gasteiger partial charge in [0.05, 0.1) is 31.5 Å². The van der Waals surface area contributed by atoms with Crippen molar-refractivity contribution < 1.29 is 18.7 Å². The van der Waals surface area contributed by atoms with E-state index in [9.17, 15) is 9.59 Å². The number of hydrogen-bond acceptors (Lipinski definition) is 6. The third-order valence-corrected chi connectivity index (χ3v) is 5.64. The van der Waals surface area contributed by atoms with Crippen LogP contribution in [0.3, 0.4) is 0 Å². The van der Waals surface area contributed by atoms with Crippen molar-refractivity contribution in [2.24, 2.45) is 0 Å². The molecule has 0 aliphatic carbocycles. The fraction of sp³-hybridized carbons (Fsp3) is 0.286. The summed E-state index contributed by atoms with van der Waals surface area (Å²) >= 11 is 1.40. The van der Waals surface area contributed by atoms with Crippen LogP contribution in [0.2, 0.25) is 0 Å². The number of furan rings is 1. The zero-order valence-electron chi connectivity index (χ0n) is 16.0. The van der Waals surface area contributed by atoms with E-state index in [0.717, 1.165) is 21.9 Å². The Morgan fingerprint density at radius 3 is 2.83 bits per heavy atom. The van der Waals surface area contributed by atoms with Crippen LogP contribution >= 0.6 is 11.3 Å². The summed E-state index contributed by atoms with van der Waals surface area (Å²) in [5, 5.41) is 3.29. The zero-order chi connectivity index (χ0) is 20.2. The van der Waals surface area contributed by atoms with E-state index < -0.39 is 0 Å². The molecule has 4 rings (SSSR count). The minimum atomic E-state index is -0.329. The summed E-state index contributed by atoms with van der Waals surface area (Å²) in [7, 11) is 0. The van der Waals surface area contributed by atoms with E-state index in [1.54, 1.807) is 12.1 Å². The summed E-state index contributed by atoms with van der Waals surface area (Å²) in [5.74, 6) is 0.796. The fourth-order valence-corrected chi connectivity index (χ4v) is 4.20. The van der Waals surface area contributed by atoms with Crippen LogP contribution in [0.4, 0.5) is 5.13 Å². The number of hydrogen-bond donors (Lipinski definition) is 1. The number of nitrogens with one attached hydrogen (secondary N) is 1. The van der Waals surface area contributed by atoms with E-state index in [1.807, 2.05) is 36.1 Å². The van der Waals surface area contributed by atoms with E-state index in [-0.39, 0.29) is 17.6 Å².